The highest BCUT2D eigenvalue weighted by atomic mass is 16.5. The van der Waals surface area contributed by atoms with E-state index in [2.05, 4.69) is 35.2 Å². The van der Waals surface area contributed by atoms with Gasteiger partial charge in [0.05, 0.1) is 24.5 Å². The second-order valence-electron chi connectivity index (χ2n) is 6.23. The van der Waals surface area contributed by atoms with E-state index in [1.807, 2.05) is 6.20 Å². The molecule has 1 aliphatic heterocycles. The van der Waals surface area contributed by atoms with Crippen LogP contribution in [0.1, 0.15) is 51.2 Å². The molecule has 2 heterocycles. The third-order valence-corrected chi connectivity index (χ3v) is 4.39. The molecule has 0 N–H and O–H groups in total. The Balaban J connectivity index is 1.67. The summed E-state index contributed by atoms with van der Waals surface area (Å²) in [4.78, 5) is 7.14. The fourth-order valence-corrected chi connectivity index (χ4v) is 3.01. The second kappa shape index (κ2) is 5.25. The number of fused-ring (bicyclic) bond motifs is 1. The Bertz CT molecular complexity index is 437. The first-order valence-electron chi connectivity index (χ1n) is 7.54. The lowest BCUT2D eigenvalue weighted by Gasteiger charge is -2.37. The van der Waals surface area contributed by atoms with Crippen LogP contribution in [0.5, 0.6) is 0 Å². The Kier molecular flexibility index (Phi) is 3.63. The van der Waals surface area contributed by atoms with Crippen molar-refractivity contribution in [2.45, 2.75) is 58.8 Å². The van der Waals surface area contributed by atoms with Crippen LogP contribution in [0.25, 0.3) is 0 Å². The molecule has 1 saturated carbocycles. The average Bonchev–Trinajstić information content (AvgIpc) is 3.10. The van der Waals surface area contributed by atoms with Crippen LogP contribution >= 0.6 is 0 Å². The first-order valence-corrected chi connectivity index (χ1v) is 7.54. The number of hydrogen-bond acceptors (Lipinski definition) is 3. The zero-order valence-electron chi connectivity index (χ0n) is 12.3. The van der Waals surface area contributed by atoms with Gasteiger partial charge in [-0.2, -0.15) is 0 Å². The zero-order valence-corrected chi connectivity index (χ0v) is 12.3. The average molecular weight is 263 g/mol. The molecule has 2 aliphatic rings. The van der Waals surface area contributed by atoms with Crippen LogP contribution in [0.15, 0.2) is 6.20 Å². The molecule has 1 aromatic rings. The molecule has 4 nitrogen and oxygen atoms in total. The van der Waals surface area contributed by atoms with Crippen molar-refractivity contribution in [1.29, 1.82) is 0 Å². The molecule has 1 atom stereocenters. The van der Waals surface area contributed by atoms with E-state index in [1.165, 1.54) is 24.4 Å². The van der Waals surface area contributed by atoms with Crippen molar-refractivity contribution in [3.63, 3.8) is 0 Å². The van der Waals surface area contributed by atoms with Crippen LogP contribution in [0.2, 0.25) is 0 Å². The largest absolute Gasteiger partial charge is 0.375 e. The molecule has 0 bridgehead atoms. The Morgan fingerprint density at radius 2 is 2.16 bits per heavy atom. The lowest BCUT2D eigenvalue weighted by Crippen LogP contribution is -2.41. The second-order valence-corrected chi connectivity index (χ2v) is 6.23. The summed E-state index contributed by atoms with van der Waals surface area (Å²) in [6.45, 7) is 10.6. The predicted molar refractivity (Wildman–Crippen MR) is 74.9 cm³/mol. The number of nitrogens with zero attached hydrogens (tertiary/aromatic N) is 3. The van der Waals surface area contributed by atoms with Crippen molar-refractivity contribution >= 4 is 0 Å². The van der Waals surface area contributed by atoms with Crippen LogP contribution in [0, 0.1) is 5.92 Å². The molecule has 1 aliphatic carbocycles. The Morgan fingerprint density at radius 3 is 2.84 bits per heavy atom. The van der Waals surface area contributed by atoms with Crippen LogP contribution in [-0.4, -0.2) is 33.6 Å². The normalized spacial score (nSPS) is 23.9. The van der Waals surface area contributed by atoms with Gasteiger partial charge in [0.2, 0.25) is 0 Å². The lowest BCUT2D eigenvalue weighted by molar-refractivity contribution is 0.0968. The summed E-state index contributed by atoms with van der Waals surface area (Å²) in [5.74, 6) is 2.03. The molecule has 3 rings (SSSR count). The lowest BCUT2D eigenvalue weighted by atomic mass is 10.1. The molecule has 0 saturated heterocycles. The summed E-state index contributed by atoms with van der Waals surface area (Å²) in [5.41, 5.74) is 1.24. The van der Waals surface area contributed by atoms with E-state index in [-0.39, 0.29) is 0 Å². The minimum atomic E-state index is 0.408. The molecule has 0 radical (unpaired) electrons. The van der Waals surface area contributed by atoms with Crippen LogP contribution in [-0.2, 0) is 17.9 Å². The molecular weight excluding hydrogens is 238 g/mol. The van der Waals surface area contributed by atoms with Gasteiger partial charge in [-0.1, -0.05) is 0 Å². The van der Waals surface area contributed by atoms with Crippen LogP contribution in [0.4, 0.5) is 0 Å². The van der Waals surface area contributed by atoms with Crippen LogP contribution < -0.4 is 0 Å². The van der Waals surface area contributed by atoms with Gasteiger partial charge >= 0.3 is 0 Å². The highest BCUT2D eigenvalue weighted by Crippen LogP contribution is 2.30. The van der Waals surface area contributed by atoms with Crippen molar-refractivity contribution in [3.05, 3.63) is 17.7 Å². The predicted octanol–water partition coefficient (Wildman–Crippen LogP) is 2.59. The molecule has 0 aromatic carbocycles. The molecule has 19 heavy (non-hydrogen) atoms. The van der Waals surface area contributed by atoms with Crippen LogP contribution in [0.3, 0.4) is 0 Å². The van der Waals surface area contributed by atoms with Crippen molar-refractivity contribution in [1.82, 2.24) is 14.5 Å². The smallest absolute Gasteiger partial charge is 0.126 e. The maximum absolute atomic E-state index is 5.80. The number of hydrogen-bond donors (Lipinski definition) is 0. The molecule has 1 aromatic heterocycles. The Morgan fingerprint density at radius 1 is 1.37 bits per heavy atom. The summed E-state index contributed by atoms with van der Waals surface area (Å²) >= 11 is 0. The van der Waals surface area contributed by atoms with Gasteiger partial charge in [-0.15, -0.1) is 0 Å². The van der Waals surface area contributed by atoms with Gasteiger partial charge in [-0.25, -0.2) is 4.98 Å². The third-order valence-electron chi connectivity index (χ3n) is 4.39. The van der Waals surface area contributed by atoms with E-state index in [1.54, 1.807) is 0 Å². The maximum atomic E-state index is 5.80. The van der Waals surface area contributed by atoms with Gasteiger partial charge in [0.25, 0.3) is 0 Å². The van der Waals surface area contributed by atoms with Gasteiger partial charge in [0.15, 0.2) is 0 Å². The van der Waals surface area contributed by atoms with E-state index in [9.17, 15) is 0 Å². The molecular formula is C15H25N3O. The van der Waals surface area contributed by atoms with E-state index >= 15 is 0 Å². The number of aromatic nitrogens is 2. The summed E-state index contributed by atoms with van der Waals surface area (Å²) in [7, 11) is 0. The summed E-state index contributed by atoms with van der Waals surface area (Å²) in [5, 5.41) is 0. The fourth-order valence-electron chi connectivity index (χ4n) is 3.01. The molecule has 1 fully saturated rings. The highest BCUT2D eigenvalue weighted by molar-refractivity contribution is 5.10. The standard InChI is InChI=1S/C15H25N3O/c1-11(2)17-6-7-18-14(8-16-15(18)12(17)3)10-19-9-13-4-5-13/h8,11-13H,4-7,9-10H2,1-3H3/t12-/m1/s1. The van der Waals surface area contributed by atoms with E-state index in [4.69, 9.17) is 4.74 Å². The van der Waals surface area contributed by atoms with Crippen molar-refractivity contribution in [3.8, 4) is 0 Å². The topological polar surface area (TPSA) is 30.3 Å². The first kappa shape index (κ1) is 13.1. The van der Waals surface area contributed by atoms with E-state index in [0.717, 1.165) is 32.2 Å². The Hall–Kier alpha value is -0.870. The van der Waals surface area contributed by atoms with E-state index in [0.29, 0.717) is 12.1 Å². The quantitative estimate of drug-likeness (QED) is 0.818. The van der Waals surface area contributed by atoms with Gasteiger partial charge in [-0.05, 0) is 39.5 Å². The fraction of sp³-hybridized carbons (Fsp3) is 0.800. The zero-order chi connectivity index (χ0) is 13.4. The van der Waals surface area contributed by atoms with Crippen molar-refractivity contribution < 1.29 is 4.74 Å². The van der Waals surface area contributed by atoms with Gasteiger partial charge in [0.1, 0.15) is 5.82 Å². The van der Waals surface area contributed by atoms with Gasteiger partial charge in [-0.3, -0.25) is 4.90 Å². The first-order chi connectivity index (χ1) is 9.16. The molecule has 0 spiro atoms. The monoisotopic (exact) mass is 263 g/mol. The third kappa shape index (κ3) is 2.70. The minimum absolute atomic E-state index is 0.408. The minimum Gasteiger partial charge on any atom is -0.375 e. The van der Waals surface area contributed by atoms with E-state index < -0.39 is 0 Å². The SMILES string of the molecule is CC(C)N1CCn2c(COCC3CC3)cnc2[C@H]1C. The summed E-state index contributed by atoms with van der Waals surface area (Å²) in [6.07, 6.45) is 4.71. The van der Waals surface area contributed by atoms with Crippen molar-refractivity contribution in [2.24, 2.45) is 5.92 Å². The summed E-state index contributed by atoms with van der Waals surface area (Å²) < 4.78 is 8.16. The van der Waals surface area contributed by atoms with Gasteiger partial charge in [0, 0.05) is 25.7 Å². The van der Waals surface area contributed by atoms with Crippen molar-refractivity contribution in [2.75, 3.05) is 13.2 Å². The number of rotatable bonds is 5. The highest BCUT2D eigenvalue weighted by Gasteiger charge is 2.28. The maximum Gasteiger partial charge on any atom is 0.126 e. The van der Waals surface area contributed by atoms with Gasteiger partial charge < -0.3 is 9.30 Å². The number of ether oxygens (including phenoxy) is 1. The molecule has 4 heteroatoms. The molecule has 0 unspecified atom stereocenters. The molecule has 106 valence electrons. The molecule has 0 amide bonds. The number of imidazole rings is 1. The summed E-state index contributed by atoms with van der Waals surface area (Å²) in [6, 6.07) is 0.987. The Labute approximate surface area is 115 Å².